The van der Waals surface area contributed by atoms with Gasteiger partial charge in [-0.1, -0.05) is 0 Å². The molecule has 0 radical (unpaired) electrons. The molecule has 5 heteroatoms. The first-order chi connectivity index (χ1) is 6.91. The number of aromatic nitrogens is 1. The van der Waals surface area contributed by atoms with Crippen LogP contribution in [0.25, 0.3) is 0 Å². The Bertz CT molecular complexity index is 360. The van der Waals surface area contributed by atoms with E-state index in [1.165, 1.54) is 4.90 Å². The summed E-state index contributed by atoms with van der Waals surface area (Å²) >= 11 is 3.31. The van der Waals surface area contributed by atoms with Crippen molar-refractivity contribution in [1.29, 1.82) is 0 Å². The fourth-order valence-electron chi connectivity index (χ4n) is 1.41. The first kappa shape index (κ1) is 12.3. The first-order valence-corrected chi connectivity index (χ1v) is 5.46. The van der Waals surface area contributed by atoms with Gasteiger partial charge in [-0.15, -0.1) is 0 Å². The van der Waals surface area contributed by atoms with Crippen LogP contribution in [0.1, 0.15) is 17.4 Å². The number of amides is 1. The van der Waals surface area contributed by atoms with E-state index in [-0.39, 0.29) is 5.91 Å². The predicted molar refractivity (Wildman–Crippen MR) is 61.8 cm³/mol. The largest absolute Gasteiger partial charge is 0.392 e. The molecule has 1 unspecified atom stereocenters. The van der Waals surface area contributed by atoms with Gasteiger partial charge in [0.25, 0.3) is 5.91 Å². The smallest absolute Gasteiger partial charge is 0.270 e. The van der Waals surface area contributed by atoms with Crippen molar-refractivity contribution in [2.24, 2.45) is 7.05 Å². The second-order valence-corrected chi connectivity index (χ2v) is 4.60. The second kappa shape index (κ2) is 4.81. The topological polar surface area (TPSA) is 45.5 Å². The highest BCUT2D eigenvalue weighted by Gasteiger charge is 2.16. The quantitative estimate of drug-likeness (QED) is 0.902. The molecule has 1 heterocycles. The van der Waals surface area contributed by atoms with E-state index in [0.29, 0.717) is 12.2 Å². The van der Waals surface area contributed by atoms with Gasteiger partial charge < -0.3 is 14.6 Å². The molecule has 0 spiro atoms. The van der Waals surface area contributed by atoms with Gasteiger partial charge in [-0.05, 0) is 28.9 Å². The zero-order valence-electron chi connectivity index (χ0n) is 9.07. The minimum atomic E-state index is -0.511. The van der Waals surface area contributed by atoms with Gasteiger partial charge in [-0.2, -0.15) is 0 Å². The number of hydrogen-bond acceptors (Lipinski definition) is 2. The van der Waals surface area contributed by atoms with E-state index >= 15 is 0 Å². The first-order valence-electron chi connectivity index (χ1n) is 4.67. The van der Waals surface area contributed by atoms with Crippen LogP contribution in [0.3, 0.4) is 0 Å². The average Bonchev–Trinajstić information content (AvgIpc) is 2.42. The molecule has 0 aliphatic carbocycles. The Morgan fingerprint density at radius 3 is 2.73 bits per heavy atom. The van der Waals surface area contributed by atoms with E-state index in [0.717, 1.165) is 4.47 Å². The molecule has 1 aromatic heterocycles. The number of halogens is 1. The van der Waals surface area contributed by atoms with Crippen LogP contribution in [0.5, 0.6) is 0 Å². The SMILES string of the molecule is CC(O)CN(C)C(=O)c1cc(Br)cn1C. The zero-order valence-corrected chi connectivity index (χ0v) is 10.7. The standard InChI is InChI=1S/C10H15BrN2O2/c1-7(14)5-13(3)10(15)9-4-8(11)6-12(9)2/h4,6-7,14H,5H2,1-3H3. The number of carbonyl (C=O) groups is 1. The van der Waals surface area contributed by atoms with Crippen molar-refractivity contribution < 1.29 is 9.90 Å². The zero-order chi connectivity index (χ0) is 11.6. The molecule has 1 atom stereocenters. The third kappa shape index (κ3) is 3.07. The molecule has 1 aromatic rings. The van der Waals surface area contributed by atoms with Crippen molar-refractivity contribution in [3.63, 3.8) is 0 Å². The molecule has 4 nitrogen and oxygen atoms in total. The van der Waals surface area contributed by atoms with Gasteiger partial charge in [0, 0.05) is 31.3 Å². The number of hydrogen-bond donors (Lipinski definition) is 1. The van der Waals surface area contributed by atoms with Crippen LogP contribution in [0, 0.1) is 0 Å². The van der Waals surface area contributed by atoms with Gasteiger partial charge in [0.1, 0.15) is 5.69 Å². The molecule has 1 amide bonds. The summed E-state index contributed by atoms with van der Waals surface area (Å²) in [7, 11) is 3.49. The number of aryl methyl sites for hydroxylation is 1. The molecule has 84 valence electrons. The number of rotatable bonds is 3. The van der Waals surface area contributed by atoms with E-state index in [1.807, 2.05) is 13.2 Å². The lowest BCUT2D eigenvalue weighted by Crippen LogP contribution is -2.33. The molecule has 0 fully saturated rings. The molecule has 0 bridgehead atoms. The molecule has 15 heavy (non-hydrogen) atoms. The highest BCUT2D eigenvalue weighted by molar-refractivity contribution is 9.10. The van der Waals surface area contributed by atoms with E-state index in [9.17, 15) is 9.90 Å². The Kier molecular flexibility index (Phi) is 3.93. The molecule has 0 aliphatic heterocycles. The predicted octanol–water partition coefficient (Wildman–Crippen LogP) is 1.24. The van der Waals surface area contributed by atoms with Gasteiger partial charge >= 0.3 is 0 Å². The van der Waals surface area contributed by atoms with Gasteiger partial charge in [0.15, 0.2) is 0 Å². The summed E-state index contributed by atoms with van der Waals surface area (Å²) in [5.41, 5.74) is 0.602. The molecule has 0 aliphatic rings. The minimum absolute atomic E-state index is 0.0934. The molecule has 0 aromatic carbocycles. The van der Waals surface area contributed by atoms with Crippen molar-refractivity contribution in [1.82, 2.24) is 9.47 Å². The van der Waals surface area contributed by atoms with E-state index < -0.39 is 6.10 Å². The molecule has 0 saturated heterocycles. The van der Waals surface area contributed by atoms with Gasteiger partial charge in [-0.3, -0.25) is 4.79 Å². The van der Waals surface area contributed by atoms with E-state index in [4.69, 9.17) is 0 Å². The summed E-state index contributed by atoms with van der Waals surface area (Å²) in [6.45, 7) is 1.99. The molecule has 1 rings (SSSR count). The Morgan fingerprint density at radius 2 is 2.33 bits per heavy atom. The summed E-state index contributed by atoms with van der Waals surface area (Å²) in [5, 5.41) is 9.18. The highest BCUT2D eigenvalue weighted by Crippen LogP contribution is 2.15. The Hall–Kier alpha value is -0.810. The summed E-state index contributed by atoms with van der Waals surface area (Å²) in [6.07, 6.45) is 1.31. The van der Waals surface area contributed by atoms with Gasteiger partial charge in [0.2, 0.25) is 0 Å². The maximum absolute atomic E-state index is 11.9. The Labute approximate surface area is 97.6 Å². The van der Waals surface area contributed by atoms with Gasteiger partial charge in [-0.25, -0.2) is 0 Å². The minimum Gasteiger partial charge on any atom is -0.392 e. The van der Waals surface area contributed by atoms with Crippen molar-refractivity contribution >= 4 is 21.8 Å². The normalized spacial score (nSPS) is 12.6. The van der Waals surface area contributed by atoms with Crippen molar-refractivity contribution in [3.8, 4) is 0 Å². The summed E-state index contributed by atoms with van der Waals surface area (Å²) in [6, 6.07) is 1.76. The third-order valence-electron chi connectivity index (χ3n) is 2.08. The van der Waals surface area contributed by atoms with Crippen LogP contribution in [-0.4, -0.2) is 40.2 Å². The lowest BCUT2D eigenvalue weighted by molar-refractivity contribution is 0.0694. The lowest BCUT2D eigenvalue weighted by atomic mass is 10.3. The number of likely N-dealkylation sites (N-methyl/N-ethyl adjacent to an activating group) is 1. The summed E-state index contributed by atoms with van der Waals surface area (Å²) < 4.78 is 2.63. The Morgan fingerprint density at radius 1 is 1.73 bits per heavy atom. The summed E-state index contributed by atoms with van der Waals surface area (Å²) in [5.74, 6) is -0.0934. The summed E-state index contributed by atoms with van der Waals surface area (Å²) in [4.78, 5) is 13.4. The molecular weight excluding hydrogens is 260 g/mol. The third-order valence-corrected chi connectivity index (χ3v) is 2.51. The molecular formula is C10H15BrN2O2. The van der Waals surface area contributed by atoms with Crippen LogP contribution in [0.4, 0.5) is 0 Å². The number of aliphatic hydroxyl groups excluding tert-OH is 1. The van der Waals surface area contributed by atoms with Crippen LogP contribution >= 0.6 is 15.9 Å². The highest BCUT2D eigenvalue weighted by atomic mass is 79.9. The van der Waals surface area contributed by atoms with E-state index in [2.05, 4.69) is 15.9 Å². The van der Waals surface area contributed by atoms with Crippen LogP contribution in [0.2, 0.25) is 0 Å². The van der Waals surface area contributed by atoms with Crippen molar-refractivity contribution in [2.45, 2.75) is 13.0 Å². The number of aliphatic hydroxyl groups is 1. The van der Waals surface area contributed by atoms with Crippen LogP contribution in [0.15, 0.2) is 16.7 Å². The Balaban J connectivity index is 2.80. The maximum atomic E-state index is 11.9. The lowest BCUT2D eigenvalue weighted by Gasteiger charge is -2.18. The monoisotopic (exact) mass is 274 g/mol. The number of carbonyl (C=O) groups excluding carboxylic acids is 1. The fourth-order valence-corrected chi connectivity index (χ4v) is 1.94. The van der Waals surface area contributed by atoms with Crippen molar-refractivity contribution in [2.75, 3.05) is 13.6 Å². The maximum Gasteiger partial charge on any atom is 0.270 e. The van der Waals surface area contributed by atoms with E-state index in [1.54, 1.807) is 24.6 Å². The number of nitrogens with zero attached hydrogens (tertiary/aromatic N) is 2. The van der Waals surface area contributed by atoms with Crippen LogP contribution in [-0.2, 0) is 7.05 Å². The fraction of sp³-hybridized carbons (Fsp3) is 0.500. The second-order valence-electron chi connectivity index (χ2n) is 3.69. The molecule has 1 N–H and O–H groups in total. The van der Waals surface area contributed by atoms with Gasteiger partial charge in [0.05, 0.1) is 6.10 Å². The molecule has 0 saturated carbocycles. The average molecular weight is 275 g/mol. The van der Waals surface area contributed by atoms with Crippen molar-refractivity contribution in [3.05, 3.63) is 22.4 Å². The van der Waals surface area contributed by atoms with Crippen LogP contribution < -0.4 is 0 Å².